The molecule has 0 aromatic heterocycles. The van der Waals surface area contributed by atoms with Gasteiger partial charge in [0.05, 0.1) is 23.7 Å². The van der Waals surface area contributed by atoms with Crippen LogP contribution in [0, 0.1) is 35.5 Å². The first-order valence-corrected chi connectivity index (χ1v) is 36.3. The van der Waals surface area contributed by atoms with Crippen LogP contribution in [-0.4, -0.2) is 112 Å². The lowest BCUT2D eigenvalue weighted by atomic mass is 9.80. The number of unbranched alkanes of at least 4 members (excludes halogenated alkanes) is 25. The molecule has 14 nitrogen and oxygen atoms in total. The average molecular weight is 1220 g/mol. The van der Waals surface area contributed by atoms with Gasteiger partial charge in [0, 0.05) is 32.3 Å². The Morgan fingerprint density at radius 2 is 0.581 bits per heavy atom. The smallest absolute Gasteiger partial charge is 0.308 e. The molecule has 1 N–H and O–H groups in total. The van der Waals surface area contributed by atoms with Crippen molar-refractivity contribution in [1.82, 2.24) is 4.90 Å². The molecule has 2 unspecified atom stereocenters. The average Bonchev–Trinajstić information content (AvgIpc) is 3.71. The third kappa shape index (κ3) is 44.2. The molecule has 0 amide bonds. The van der Waals surface area contributed by atoms with Crippen molar-refractivity contribution in [3.05, 3.63) is 0 Å². The molecule has 2 saturated carbocycles. The van der Waals surface area contributed by atoms with E-state index in [9.17, 15) is 33.9 Å². The molecule has 2 atom stereocenters. The topological polar surface area (TPSA) is 181 Å². The second-order valence-corrected chi connectivity index (χ2v) is 26.2. The number of esters is 6. The molecule has 0 bridgehead atoms. The van der Waals surface area contributed by atoms with Gasteiger partial charge in [-0.25, -0.2) is 0 Å². The normalized spacial score (nSPS) is 17.7. The fourth-order valence-electron chi connectivity index (χ4n) is 12.3. The summed E-state index contributed by atoms with van der Waals surface area (Å²) >= 11 is 0. The van der Waals surface area contributed by atoms with E-state index in [1.54, 1.807) is 0 Å². The van der Waals surface area contributed by atoms with Gasteiger partial charge in [-0.1, -0.05) is 195 Å². The van der Waals surface area contributed by atoms with Crippen molar-refractivity contribution in [2.45, 2.75) is 323 Å². The third-order valence-electron chi connectivity index (χ3n) is 18.2. The van der Waals surface area contributed by atoms with Crippen molar-refractivity contribution in [1.29, 1.82) is 0 Å². The molecule has 14 heteroatoms. The molecule has 0 aromatic rings. The maximum atomic E-state index is 13.2. The van der Waals surface area contributed by atoms with Gasteiger partial charge >= 0.3 is 35.8 Å². The molecule has 2 fully saturated rings. The highest BCUT2D eigenvalue weighted by molar-refractivity contribution is 5.73. The monoisotopic (exact) mass is 1220 g/mol. The van der Waals surface area contributed by atoms with Crippen molar-refractivity contribution in [3.63, 3.8) is 0 Å². The summed E-state index contributed by atoms with van der Waals surface area (Å²) in [6, 6.07) is 0. The summed E-state index contributed by atoms with van der Waals surface area (Å²) in [5.74, 6) is -1.29. The van der Waals surface area contributed by atoms with Gasteiger partial charge in [-0.05, 0) is 134 Å². The zero-order valence-electron chi connectivity index (χ0n) is 55.9. The SMILES string of the molecule is CCCCCCCCCCCC(=O)OCC(COC(=O)CCCCCN(CCCCO)CCCCCC(=O)OCC(COC(=O)CCCCCCCCCCC)COC(=O)C1CCC(CCCCC)CC1)COC(=O)C1CCC(CCCCC)CC1. The van der Waals surface area contributed by atoms with Crippen molar-refractivity contribution in [2.75, 3.05) is 65.9 Å². The van der Waals surface area contributed by atoms with Crippen LogP contribution in [0.5, 0.6) is 0 Å². The van der Waals surface area contributed by atoms with Crippen LogP contribution < -0.4 is 0 Å². The van der Waals surface area contributed by atoms with Crippen LogP contribution in [0.15, 0.2) is 0 Å². The minimum atomic E-state index is -0.435. The summed E-state index contributed by atoms with van der Waals surface area (Å²) in [6.45, 7) is 11.8. The number of hydrogen-bond acceptors (Lipinski definition) is 14. The Hall–Kier alpha value is -3.26. The lowest BCUT2D eigenvalue weighted by Crippen LogP contribution is -2.29. The Bertz CT molecular complexity index is 1550. The van der Waals surface area contributed by atoms with E-state index in [4.69, 9.17) is 28.4 Å². The number of rotatable bonds is 58. The van der Waals surface area contributed by atoms with E-state index >= 15 is 0 Å². The van der Waals surface area contributed by atoms with Crippen LogP contribution in [0.25, 0.3) is 0 Å². The predicted octanol–water partition coefficient (Wildman–Crippen LogP) is 17.3. The van der Waals surface area contributed by atoms with Gasteiger partial charge < -0.3 is 38.4 Å². The van der Waals surface area contributed by atoms with Crippen molar-refractivity contribution in [2.24, 2.45) is 35.5 Å². The molecule has 0 aromatic carbocycles. The minimum absolute atomic E-state index is 0.0201. The quantitative estimate of drug-likeness (QED) is 0.0345. The van der Waals surface area contributed by atoms with Crippen LogP contribution >= 0.6 is 0 Å². The molecule has 0 radical (unpaired) electrons. The molecule has 86 heavy (non-hydrogen) atoms. The minimum Gasteiger partial charge on any atom is -0.465 e. The van der Waals surface area contributed by atoms with Crippen LogP contribution in [0.2, 0.25) is 0 Å². The van der Waals surface area contributed by atoms with Crippen molar-refractivity contribution in [3.8, 4) is 0 Å². The van der Waals surface area contributed by atoms with Gasteiger partial charge in [-0.15, -0.1) is 0 Å². The molecule has 0 saturated heterocycles. The first kappa shape index (κ1) is 78.8. The number of nitrogens with zero attached hydrogens (tertiary/aromatic N) is 1. The van der Waals surface area contributed by atoms with Gasteiger partial charge in [0.25, 0.3) is 0 Å². The number of carbonyl (C=O) groups excluding carboxylic acids is 6. The molecule has 2 rings (SSSR count). The number of ether oxygens (including phenoxy) is 6. The molecule has 502 valence electrons. The zero-order chi connectivity index (χ0) is 62.3. The first-order valence-electron chi connectivity index (χ1n) is 36.3. The van der Waals surface area contributed by atoms with Crippen LogP contribution in [0.1, 0.15) is 323 Å². The second kappa shape index (κ2) is 55.8. The Morgan fingerprint density at radius 1 is 0.326 bits per heavy atom. The maximum Gasteiger partial charge on any atom is 0.308 e. The van der Waals surface area contributed by atoms with Gasteiger partial charge in [-0.3, -0.25) is 28.8 Å². The molecule has 0 aliphatic heterocycles. The van der Waals surface area contributed by atoms with E-state index in [-0.39, 0.29) is 107 Å². The Morgan fingerprint density at radius 3 is 0.884 bits per heavy atom. The number of hydrogen-bond donors (Lipinski definition) is 1. The summed E-state index contributed by atoms with van der Waals surface area (Å²) in [5, 5.41) is 9.49. The summed E-state index contributed by atoms with van der Waals surface area (Å²) in [7, 11) is 0. The van der Waals surface area contributed by atoms with Gasteiger partial charge in [-0.2, -0.15) is 0 Å². The zero-order valence-corrected chi connectivity index (χ0v) is 55.9. The molecule has 2 aliphatic rings. The predicted molar refractivity (Wildman–Crippen MR) is 345 cm³/mol. The van der Waals surface area contributed by atoms with Crippen LogP contribution in [0.4, 0.5) is 0 Å². The van der Waals surface area contributed by atoms with E-state index in [1.165, 1.54) is 128 Å². The molecule has 0 heterocycles. The summed E-state index contributed by atoms with van der Waals surface area (Å²) < 4.78 is 34.5. The lowest BCUT2D eigenvalue weighted by molar-refractivity contribution is -0.159. The Balaban J connectivity index is 1.79. The Kier molecular flexibility index (Phi) is 51.1. The fraction of sp³-hybridized carbons (Fsp3) is 0.917. The number of aliphatic hydroxyl groups is 1. The standard InChI is InChI=1S/C72H131NO13/c1-5-9-13-15-17-19-21-23-29-39-67(75)81-55-63(59-85-71(79)65-47-43-61(44-48-65)37-27-11-7-3)57-83-69(77)41-31-25-33-51-73(53-35-36-54-74)52-34-26-32-42-70(78)84-58-64(56-82-68(76)40-30-24-22-20-18-16-14-10-6-2)60-86-72(80)66-49-45-62(46-50-66)38-28-12-8-4/h61-66,74H,5-60H2,1-4H3. The molecule has 2 aliphatic carbocycles. The van der Waals surface area contributed by atoms with E-state index in [2.05, 4.69) is 32.6 Å². The summed E-state index contributed by atoms with van der Waals surface area (Å²) in [6.07, 6.45) is 46.1. The molecular weight excluding hydrogens is 1090 g/mol. The Labute approximate surface area is 525 Å². The van der Waals surface area contributed by atoms with E-state index in [1.807, 2.05) is 0 Å². The molecule has 0 spiro atoms. The van der Waals surface area contributed by atoms with Crippen LogP contribution in [-0.2, 0) is 57.2 Å². The van der Waals surface area contributed by atoms with Gasteiger partial charge in [0.2, 0.25) is 0 Å². The maximum absolute atomic E-state index is 13.2. The van der Waals surface area contributed by atoms with E-state index in [0.717, 1.165) is 148 Å². The van der Waals surface area contributed by atoms with E-state index in [0.29, 0.717) is 37.5 Å². The first-order chi connectivity index (χ1) is 42.0. The van der Waals surface area contributed by atoms with Crippen molar-refractivity contribution >= 4 is 35.8 Å². The highest BCUT2D eigenvalue weighted by Gasteiger charge is 2.30. The summed E-state index contributed by atoms with van der Waals surface area (Å²) in [4.78, 5) is 80.4. The summed E-state index contributed by atoms with van der Waals surface area (Å²) in [5.41, 5.74) is 0. The van der Waals surface area contributed by atoms with Crippen LogP contribution in [0.3, 0.4) is 0 Å². The lowest BCUT2D eigenvalue weighted by Gasteiger charge is -2.27. The van der Waals surface area contributed by atoms with E-state index < -0.39 is 11.8 Å². The second-order valence-electron chi connectivity index (χ2n) is 26.2. The highest BCUT2D eigenvalue weighted by atomic mass is 16.6. The number of carbonyl (C=O) groups is 6. The van der Waals surface area contributed by atoms with Crippen molar-refractivity contribution < 1.29 is 62.3 Å². The third-order valence-corrected chi connectivity index (χ3v) is 18.2. The van der Waals surface area contributed by atoms with Gasteiger partial charge in [0.1, 0.15) is 39.6 Å². The molecular formula is C72H131NO13. The highest BCUT2D eigenvalue weighted by Crippen LogP contribution is 2.34. The largest absolute Gasteiger partial charge is 0.465 e. The fourth-order valence-corrected chi connectivity index (χ4v) is 12.3. The van der Waals surface area contributed by atoms with Gasteiger partial charge in [0.15, 0.2) is 0 Å². The number of aliphatic hydroxyl groups excluding tert-OH is 1.